The number of aliphatic hydroxyl groups is 1. The highest BCUT2D eigenvalue weighted by Crippen LogP contribution is 2.19. The van der Waals surface area contributed by atoms with Crippen LogP contribution in [0.15, 0.2) is 67.3 Å². The molecule has 0 aliphatic carbocycles. The largest absolute Gasteiger partial charge is 0.387 e. The van der Waals surface area contributed by atoms with Gasteiger partial charge in [-0.1, -0.05) is 36.4 Å². The van der Waals surface area contributed by atoms with E-state index in [2.05, 4.69) is 41.5 Å². The minimum atomic E-state index is -0.501. The summed E-state index contributed by atoms with van der Waals surface area (Å²) in [6.07, 6.45) is 4.98. The van der Waals surface area contributed by atoms with Crippen molar-refractivity contribution in [2.24, 2.45) is 0 Å². The number of imidazole rings is 1. The fourth-order valence-electron chi connectivity index (χ4n) is 2.82. The van der Waals surface area contributed by atoms with Gasteiger partial charge in [0.2, 0.25) is 0 Å². The van der Waals surface area contributed by atoms with E-state index in [0.717, 1.165) is 16.8 Å². The van der Waals surface area contributed by atoms with Crippen LogP contribution in [0.4, 0.5) is 0 Å². The first-order chi connectivity index (χ1) is 11.6. The van der Waals surface area contributed by atoms with E-state index in [1.165, 1.54) is 5.56 Å². The Bertz CT molecular complexity index is 766. The first-order valence-electron chi connectivity index (χ1n) is 8.20. The summed E-state index contributed by atoms with van der Waals surface area (Å²) in [5, 5.41) is 13.8. The van der Waals surface area contributed by atoms with Crippen LogP contribution >= 0.6 is 0 Å². The molecule has 0 aliphatic heterocycles. The maximum atomic E-state index is 10.4. The van der Waals surface area contributed by atoms with Crippen LogP contribution in [0.5, 0.6) is 0 Å². The predicted molar refractivity (Wildman–Crippen MR) is 96.1 cm³/mol. The molecule has 2 N–H and O–H groups in total. The highest BCUT2D eigenvalue weighted by Gasteiger charge is 2.12. The van der Waals surface area contributed by atoms with Crippen LogP contribution in [0, 0.1) is 6.92 Å². The summed E-state index contributed by atoms with van der Waals surface area (Å²) in [4.78, 5) is 4.06. The van der Waals surface area contributed by atoms with E-state index in [4.69, 9.17) is 0 Å². The summed E-state index contributed by atoms with van der Waals surface area (Å²) < 4.78 is 1.98. The lowest BCUT2D eigenvalue weighted by Gasteiger charge is -2.19. The van der Waals surface area contributed by atoms with E-state index < -0.39 is 6.10 Å². The molecule has 0 radical (unpaired) electrons. The highest BCUT2D eigenvalue weighted by atomic mass is 16.3. The molecule has 0 bridgehead atoms. The summed E-state index contributed by atoms with van der Waals surface area (Å²) >= 11 is 0. The van der Waals surface area contributed by atoms with Crippen molar-refractivity contribution in [1.29, 1.82) is 0 Å². The van der Waals surface area contributed by atoms with E-state index >= 15 is 0 Å². The molecule has 4 nitrogen and oxygen atoms in total. The van der Waals surface area contributed by atoms with Crippen LogP contribution in [0.1, 0.15) is 35.8 Å². The molecule has 0 fully saturated rings. The quantitative estimate of drug-likeness (QED) is 0.730. The first kappa shape index (κ1) is 16.4. The standard InChI is InChI=1S/C20H23N3O/c1-15-5-3-4-6-19(15)20(24)13-22-16(2)17-7-9-18(10-8-17)23-12-11-21-14-23/h3-12,14,16,20,22,24H,13H2,1-2H3. The molecule has 0 saturated carbocycles. The fourth-order valence-corrected chi connectivity index (χ4v) is 2.82. The van der Waals surface area contributed by atoms with Crippen LogP contribution in [0.3, 0.4) is 0 Å². The van der Waals surface area contributed by atoms with Crippen molar-refractivity contribution in [1.82, 2.24) is 14.9 Å². The number of aliphatic hydroxyl groups excluding tert-OH is 1. The molecule has 3 aromatic rings. The number of rotatable bonds is 6. The topological polar surface area (TPSA) is 50.1 Å². The van der Waals surface area contributed by atoms with Gasteiger partial charge in [0.1, 0.15) is 0 Å². The summed E-state index contributed by atoms with van der Waals surface area (Å²) in [6, 6.07) is 16.5. The molecular formula is C20H23N3O. The van der Waals surface area contributed by atoms with Gasteiger partial charge < -0.3 is 15.0 Å². The van der Waals surface area contributed by atoms with Crippen LogP contribution in [0.25, 0.3) is 5.69 Å². The Morgan fingerprint density at radius 1 is 1.12 bits per heavy atom. The van der Waals surface area contributed by atoms with Crippen LogP contribution in [-0.2, 0) is 0 Å². The van der Waals surface area contributed by atoms with Crippen LogP contribution < -0.4 is 5.32 Å². The van der Waals surface area contributed by atoms with E-state index in [9.17, 15) is 5.11 Å². The molecule has 24 heavy (non-hydrogen) atoms. The second kappa shape index (κ2) is 7.43. The average Bonchev–Trinajstić information content (AvgIpc) is 3.14. The molecule has 0 aliphatic rings. The van der Waals surface area contributed by atoms with Crippen molar-refractivity contribution in [3.8, 4) is 5.69 Å². The summed E-state index contributed by atoms with van der Waals surface area (Å²) in [5.74, 6) is 0. The molecule has 124 valence electrons. The fraction of sp³-hybridized carbons (Fsp3) is 0.250. The maximum Gasteiger partial charge on any atom is 0.0991 e. The number of nitrogens with zero attached hydrogens (tertiary/aromatic N) is 2. The summed E-state index contributed by atoms with van der Waals surface area (Å²) in [7, 11) is 0. The van der Waals surface area contributed by atoms with E-state index in [-0.39, 0.29) is 6.04 Å². The van der Waals surface area contributed by atoms with Gasteiger partial charge in [0.25, 0.3) is 0 Å². The number of hydrogen-bond acceptors (Lipinski definition) is 3. The van der Waals surface area contributed by atoms with Crippen molar-refractivity contribution in [3.63, 3.8) is 0 Å². The lowest BCUT2D eigenvalue weighted by atomic mass is 10.0. The minimum absolute atomic E-state index is 0.167. The Hall–Kier alpha value is -2.43. The van der Waals surface area contributed by atoms with Gasteiger partial charge in [0.05, 0.1) is 12.4 Å². The van der Waals surface area contributed by atoms with Gasteiger partial charge in [0, 0.05) is 30.7 Å². The zero-order valence-electron chi connectivity index (χ0n) is 14.1. The van der Waals surface area contributed by atoms with Gasteiger partial charge in [-0.2, -0.15) is 0 Å². The normalized spacial score (nSPS) is 13.6. The first-order valence-corrected chi connectivity index (χ1v) is 8.20. The third-order valence-electron chi connectivity index (χ3n) is 4.36. The zero-order chi connectivity index (χ0) is 16.9. The van der Waals surface area contributed by atoms with Crippen molar-refractivity contribution < 1.29 is 5.11 Å². The Kier molecular flexibility index (Phi) is 5.08. The molecule has 0 saturated heterocycles. The number of aryl methyl sites for hydroxylation is 1. The van der Waals surface area contributed by atoms with Crippen molar-refractivity contribution in [3.05, 3.63) is 83.9 Å². The zero-order valence-corrected chi connectivity index (χ0v) is 14.1. The summed E-state index contributed by atoms with van der Waals surface area (Å²) in [6.45, 7) is 4.66. The predicted octanol–water partition coefficient (Wildman–Crippen LogP) is 3.56. The van der Waals surface area contributed by atoms with Crippen molar-refractivity contribution >= 4 is 0 Å². The van der Waals surface area contributed by atoms with Gasteiger partial charge in [-0.05, 0) is 42.7 Å². The van der Waals surface area contributed by atoms with Gasteiger partial charge in [-0.15, -0.1) is 0 Å². The molecule has 3 rings (SSSR count). The molecule has 2 aromatic carbocycles. The number of hydrogen-bond donors (Lipinski definition) is 2. The highest BCUT2D eigenvalue weighted by molar-refractivity contribution is 5.35. The third-order valence-corrected chi connectivity index (χ3v) is 4.36. The lowest BCUT2D eigenvalue weighted by molar-refractivity contribution is 0.170. The molecule has 0 spiro atoms. The Labute approximate surface area is 142 Å². The van der Waals surface area contributed by atoms with Gasteiger partial charge in [0.15, 0.2) is 0 Å². The molecule has 2 atom stereocenters. The number of benzene rings is 2. The van der Waals surface area contributed by atoms with Crippen molar-refractivity contribution in [2.75, 3.05) is 6.54 Å². The Balaban J connectivity index is 1.61. The molecule has 2 unspecified atom stereocenters. The molecule has 1 aromatic heterocycles. The van der Waals surface area contributed by atoms with Crippen LogP contribution in [-0.4, -0.2) is 21.2 Å². The van der Waals surface area contributed by atoms with Gasteiger partial charge in [-0.3, -0.25) is 0 Å². The Morgan fingerprint density at radius 2 is 1.88 bits per heavy atom. The maximum absolute atomic E-state index is 10.4. The molecule has 0 amide bonds. The van der Waals surface area contributed by atoms with Crippen LogP contribution in [0.2, 0.25) is 0 Å². The van der Waals surface area contributed by atoms with Gasteiger partial charge >= 0.3 is 0 Å². The molecular weight excluding hydrogens is 298 g/mol. The summed E-state index contributed by atoms with van der Waals surface area (Å²) in [5.41, 5.74) is 4.37. The molecule has 1 heterocycles. The Morgan fingerprint density at radius 3 is 2.54 bits per heavy atom. The van der Waals surface area contributed by atoms with E-state index in [0.29, 0.717) is 6.54 Å². The van der Waals surface area contributed by atoms with Crippen molar-refractivity contribution in [2.45, 2.75) is 26.0 Å². The number of aromatic nitrogens is 2. The number of nitrogens with one attached hydrogen (secondary N) is 1. The monoisotopic (exact) mass is 321 g/mol. The minimum Gasteiger partial charge on any atom is -0.387 e. The smallest absolute Gasteiger partial charge is 0.0991 e. The SMILES string of the molecule is Cc1ccccc1C(O)CNC(C)c1ccc(-n2ccnc2)cc1. The lowest BCUT2D eigenvalue weighted by Crippen LogP contribution is -2.25. The van der Waals surface area contributed by atoms with E-state index in [1.54, 1.807) is 12.5 Å². The molecule has 4 heteroatoms. The second-order valence-corrected chi connectivity index (χ2v) is 6.06. The average molecular weight is 321 g/mol. The third kappa shape index (κ3) is 3.72. The van der Waals surface area contributed by atoms with E-state index in [1.807, 2.05) is 42.0 Å². The van der Waals surface area contributed by atoms with Gasteiger partial charge in [-0.25, -0.2) is 4.98 Å². The second-order valence-electron chi connectivity index (χ2n) is 6.06.